The summed E-state index contributed by atoms with van der Waals surface area (Å²) in [5.41, 5.74) is 1.78. The van der Waals surface area contributed by atoms with Gasteiger partial charge in [0.05, 0.1) is 5.75 Å². The van der Waals surface area contributed by atoms with Gasteiger partial charge in [-0.3, -0.25) is 9.89 Å². The molecule has 4 rings (SSSR count). The number of nitrogens with zero attached hydrogens (tertiary/aromatic N) is 2. The van der Waals surface area contributed by atoms with Crippen LogP contribution in [0.3, 0.4) is 0 Å². The maximum Gasteiger partial charge on any atom is 0.231 e. The molecule has 0 aliphatic carbocycles. The van der Waals surface area contributed by atoms with E-state index in [9.17, 15) is 9.18 Å². The number of hydrogen-bond donors (Lipinski definition) is 2. The minimum absolute atomic E-state index is 0.124. The molecule has 0 spiro atoms. The Kier molecular flexibility index (Phi) is 5.76. The van der Waals surface area contributed by atoms with Crippen molar-refractivity contribution in [2.45, 2.75) is 11.7 Å². The zero-order valence-electron chi connectivity index (χ0n) is 15.2. The number of fused-ring (bicyclic) bond motifs is 1. The SMILES string of the molecule is O=C(CSc1n[nH]c(/C=C/c2ccc(F)cc2)n1)NCc1ccc2c(c1)OCO2. The van der Waals surface area contributed by atoms with Gasteiger partial charge in [0.1, 0.15) is 11.6 Å². The number of rotatable bonds is 7. The van der Waals surface area contributed by atoms with Gasteiger partial charge in [-0.05, 0) is 41.5 Å². The topological polar surface area (TPSA) is 89.1 Å². The van der Waals surface area contributed by atoms with E-state index >= 15 is 0 Å². The van der Waals surface area contributed by atoms with E-state index < -0.39 is 0 Å². The molecular weight excluding hydrogens is 395 g/mol. The summed E-state index contributed by atoms with van der Waals surface area (Å²) in [5, 5.41) is 10.2. The predicted octanol–water partition coefficient (Wildman–Crippen LogP) is 3.25. The van der Waals surface area contributed by atoms with Crippen LogP contribution in [0.2, 0.25) is 0 Å². The van der Waals surface area contributed by atoms with Gasteiger partial charge in [-0.1, -0.05) is 36.0 Å². The highest BCUT2D eigenvalue weighted by atomic mass is 32.2. The first kappa shape index (κ1) is 19.0. The molecule has 7 nitrogen and oxygen atoms in total. The Morgan fingerprint density at radius 2 is 2.00 bits per heavy atom. The van der Waals surface area contributed by atoms with Crippen molar-refractivity contribution in [3.63, 3.8) is 0 Å². The molecule has 0 radical (unpaired) electrons. The number of benzene rings is 2. The first-order valence-electron chi connectivity index (χ1n) is 8.80. The Bertz CT molecular complexity index is 1040. The second-order valence-corrected chi connectivity index (χ2v) is 7.08. The van der Waals surface area contributed by atoms with E-state index in [4.69, 9.17) is 9.47 Å². The number of amides is 1. The second-order valence-electron chi connectivity index (χ2n) is 6.14. The van der Waals surface area contributed by atoms with E-state index in [2.05, 4.69) is 20.5 Å². The lowest BCUT2D eigenvalue weighted by atomic mass is 10.2. The number of aromatic amines is 1. The molecule has 1 aliphatic rings. The van der Waals surface area contributed by atoms with Crippen molar-refractivity contribution in [1.82, 2.24) is 20.5 Å². The minimum Gasteiger partial charge on any atom is -0.454 e. The molecule has 2 aromatic carbocycles. The molecule has 2 N–H and O–H groups in total. The third kappa shape index (κ3) is 5.14. The van der Waals surface area contributed by atoms with Crippen LogP contribution >= 0.6 is 11.8 Å². The molecule has 1 aliphatic heterocycles. The van der Waals surface area contributed by atoms with Gasteiger partial charge >= 0.3 is 0 Å². The van der Waals surface area contributed by atoms with Crippen LogP contribution in [-0.4, -0.2) is 33.6 Å². The number of hydrogen-bond acceptors (Lipinski definition) is 6. The Labute approximate surface area is 170 Å². The summed E-state index contributed by atoms with van der Waals surface area (Å²) < 4.78 is 23.5. The summed E-state index contributed by atoms with van der Waals surface area (Å²) in [7, 11) is 0. The normalized spacial score (nSPS) is 12.4. The number of thioether (sulfide) groups is 1. The van der Waals surface area contributed by atoms with Crippen molar-refractivity contribution < 1.29 is 18.7 Å². The third-order valence-corrected chi connectivity index (χ3v) is 4.89. The molecule has 0 fully saturated rings. The molecule has 1 amide bonds. The van der Waals surface area contributed by atoms with Gasteiger partial charge in [0, 0.05) is 6.54 Å². The van der Waals surface area contributed by atoms with Gasteiger partial charge < -0.3 is 14.8 Å². The van der Waals surface area contributed by atoms with E-state index in [1.54, 1.807) is 24.3 Å². The van der Waals surface area contributed by atoms with Crippen LogP contribution in [0.25, 0.3) is 12.2 Å². The van der Waals surface area contributed by atoms with E-state index in [-0.39, 0.29) is 24.3 Å². The summed E-state index contributed by atoms with van der Waals surface area (Å²) in [6, 6.07) is 11.7. The van der Waals surface area contributed by atoms with Crippen LogP contribution in [0.4, 0.5) is 4.39 Å². The van der Waals surface area contributed by atoms with E-state index in [0.29, 0.717) is 29.0 Å². The molecule has 1 aromatic heterocycles. The van der Waals surface area contributed by atoms with Gasteiger partial charge in [-0.25, -0.2) is 9.37 Å². The van der Waals surface area contributed by atoms with Crippen LogP contribution in [-0.2, 0) is 11.3 Å². The molecule has 0 atom stereocenters. The summed E-state index contributed by atoms with van der Waals surface area (Å²) in [6.07, 6.45) is 3.54. The molecule has 0 saturated carbocycles. The lowest BCUT2D eigenvalue weighted by Gasteiger charge is -2.05. The van der Waals surface area contributed by atoms with Gasteiger partial charge in [0.2, 0.25) is 17.9 Å². The van der Waals surface area contributed by atoms with Crippen molar-refractivity contribution in [2.75, 3.05) is 12.5 Å². The van der Waals surface area contributed by atoms with Gasteiger partial charge in [0.15, 0.2) is 11.5 Å². The molecule has 9 heteroatoms. The Morgan fingerprint density at radius 3 is 2.86 bits per heavy atom. The van der Waals surface area contributed by atoms with Crippen LogP contribution in [0, 0.1) is 5.82 Å². The molecular formula is C20H17FN4O3S. The fraction of sp³-hybridized carbons (Fsp3) is 0.150. The highest BCUT2D eigenvalue weighted by molar-refractivity contribution is 7.99. The minimum atomic E-state index is -0.280. The standard InChI is InChI=1S/C20H17FN4O3S/c21-15-5-1-13(2-6-15)4-8-18-23-20(25-24-18)29-11-19(26)22-10-14-3-7-16-17(9-14)28-12-27-16/h1-9H,10-12H2,(H,22,26)(H,23,24,25)/b8-4+. The van der Waals surface area contributed by atoms with Crippen molar-refractivity contribution in [1.29, 1.82) is 0 Å². The smallest absolute Gasteiger partial charge is 0.231 e. The molecule has 3 aromatic rings. The molecule has 0 bridgehead atoms. The highest BCUT2D eigenvalue weighted by Crippen LogP contribution is 2.32. The van der Waals surface area contributed by atoms with Gasteiger partial charge in [0.25, 0.3) is 0 Å². The molecule has 29 heavy (non-hydrogen) atoms. The number of H-pyrrole nitrogens is 1. The summed E-state index contributed by atoms with van der Waals surface area (Å²) in [6.45, 7) is 0.620. The van der Waals surface area contributed by atoms with Crippen LogP contribution in [0.15, 0.2) is 47.6 Å². The Balaban J connectivity index is 1.24. The average molecular weight is 412 g/mol. The zero-order valence-corrected chi connectivity index (χ0v) is 16.0. The molecule has 0 unspecified atom stereocenters. The van der Waals surface area contributed by atoms with Crippen molar-refractivity contribution in [2.24, 2.45) is 0 Å². The largest absolute Gasteiger partial charge is 0.454 e. The number of carbonyl (C=O) groups is 1. The third-order valence-electron chi connectivity index (χ3n) is 4.04. The lowest BCUT2D eigenvalue weighted by Crippen LogP contribution is -2.24. The second kappa shape index (κ2) is 8.78. The number of carbonyl (C=O) groups excluding carboxylic acids is 1. The monoisotopic (exact) mass is 412 g/mol. The first-order valence-corrected chi connectivity index (χ1v) is 9.78. The van der Waals surface area contributed by atoms with Crippen LogP contribution < -0.4 is 14.8 Å². The molecule has 2 heterocycles. The zero-order chi connectivity index (χ0) is 20.1. The number of nitrogens with one attached hydrogen (secondary N) is 2. The maximum atomic E-state index is 12.9. The highest BCUT2D eigenvalue weighted by Gasteiger charge is 2.13. The van der Waals surface area contributed by atoms with Crippen molar-refractivity contribution in [3.8, 4) is 11.5 Å². The molecule has 148 valence electrons. The van der Waals surface area contributed by atoms with Crippen LogP contribution in [0.5, 0.6) is 11.5 Å². The van der Waals surface area contributed by atoms with E-state index in [1.807, 2.05) is 18.2 Å². The number of halogens is 1. The summed E-state index contributed by atoms with van der Waals surface area (Å²) in [4.78, 5) is 16.4. The van der Waals surface area contributed by atoms with Crippen molar-refractivity contribution >= 4 is 29.8 Å². The summed E-state index contributed by atoms with van der Waals surface area (Å²) in [5.74, 6) is 1.75. The quantitative estimate of drug-likeness (QED) is 0.579. The van der Waals surface area contributed by atoms with E-state index in [1.165, 1.54) is 23.9 Å². The van der Waals surface area contributed by atoms with Gasteiger partial charge in [-0.15, -0.1) is 5.10 Å². The predicted molar refractivity (Wildman–Crippen MR) is 107 cm³/mol. The fourth-order valence-electron chi connectivity index (χ4n) is 2.58. The summed E-state index contributed by atoms with van der Waals surface area (Å²) >= 11 is 1.23. The maximum absolute atomic E-state index is 12.9. The first-order chi connectivity index (χ1) is 14.2. The van der Waals surface area contributed by atoms with Gasteiger partial charge in [-0.2, -0.15) is 0 Å². The van der Waals surface area contributed by atoms with E-state index in [0.717, 1.165) is 11.1 Å². The van der Waals surface area contributed by atoms with Crippen LogP contribution in [0.1, 0.15) is 17.0 Å². The fourth-order valence-corrected chi connectivity index (χ4v) is 3.21. The van der Waals surface area contributed by atoms with Crippen molar-refractivity contribution in [3.05, 3.63) is 65.2 Å². The average Bonchev–Trinajstić information content (AvgIpc) is 3.39. The lowest BCUT2D eigenvalue weighted by molar-refractivity contribution is -0.118. The number of aromatic nitrogens is 3. The number of ether oxygens (including phenoxy) is 2. The Morgan fingerprint density at radius 1 is 1.17 bits per heavy atom. The molecule has 0 saturated heterocycles. The Hall–Kier alpha value is -3.33.